The third kappa shape index (κ3) is 3.62. The average Bonchev–Trinajstić information content (AvgIpc) is 3.23. The summed E-state index contributed by atoms with van der Waals surface area (Å²) < 4.78 is 13.1. The van der Waals surface area contributed by atoms with E-state index in [4.69, 9.17) is 0 Å². The van der Waals surface area contributed by atoms with Crippen LogP contribution < -0.4 is 10.2 Å². The fourth-order valence-corrected chi connectivity index (χ4v) is 4.66. The molecule has 1 atom stereocenters. The van der Waals surface area contributed by atoms with E-state index in [9.17, 15) is 18.8 Å². The number of halogens is 1. The molecule has 1 aromatic carbocycles. The Hall–Kier alpha value is -2.81. The third-order valence-electron chi connectivity index (χ3n) is 4.94. The maximum Gasteiger partial charge on any atom is 0.228 e. The molecule has 4 rings (SSSR count). The van der Waals surface area contributed by atoms with E-state index in [0.717, 1.165) is 10.6 Å². The molecule has 1 N–H and O–H groups in total. The van der Waals surface area contributed by atoms with E-state index in [1.807, 2.05) is 0 Å². The molecule has 0 saturated carbocycles. The summed E-state index contributed by atoms with van der Waals surface area (Å²) in [6, 6.07) is 5.71. The Balaban J connectivity index is 1.44. The summed E-state index contributed by atoms with van der Waals surface area (Å²) >= 11 is 1.38. The number of anilines is 2. The number of hydrogen-bond donors (Lipinski definition) is 1. The summed E-state index contributed by atoms with van der Waals surface area (Å²) in [6.07, 6.45) is 0.777. The number of nitrogens with zero attached hydrogens (tertiary/aromatic N) is 3. The Labute approximate surface area is 165 Å². The minimum absolute atomic E-state index is 0.0573. The van der Waals surface area contributed by atoms with Crippen LogP contribution in [0.1, 0.15) is 23.9 Å². The highest BCUT2D eigenvalue weighted by molar-refractivity contribution is 7.15. The number of aromatic nitrogens is 1. The smallest absolute Gasteiger partial charge is 0.228 e. The van der Waals surface area contributed by atoms with E-state index in [1.165, 1.54) is 30.4 Å². The Morgan fingerprint density at radius 1 is 1.29 bits per heavy atom. The van der Waals surface area contributed by atoms with Gasteiger partial charge in [0, 0.05) is 43.4 Å². The molecule has 3 heterocycles. The second kappa shape index (κ2) is 7.31. The van der Waals surface area contributed by atoms with Crippen molar-refractivity contribution in [1.29, 1.82) is 0 Å². The molecule has 0 aliphatic carbocycles. The van der Waals surface area contributed by atoms with Crippen LogP contribution >= 0.6 is 11.3 Å². The number of carbonyl (C=O) groups excluding carboxylic acids is 3. The number of hydrogen-bond acceptors (Lipinski definition) is 5. The summed E-state index contributed by atoms with van der Waals surface area (Å²) in [5, 5.41) is 3.23. The van der Waals surface area contributed by atoms with Crippen LogP contribution in [0.25, 0.3) is 0 Å². The number of carbonyl (C=O) groups is 3. The zero-order valence-corrected chi connectivity index (χ0v) is 16.1. The van der Waals surface area contributed by atoms with Crippen LogP contribution in [0.3, 0.4) is 0 Å². The molecular formula is C19H19FN4O3S. The molecule has 1 unspecified atom stereocenters. The number of amides is 3. The number of thiazole rings is 1. The predicted molar refractivity (Wildman–Crippen MR) is 102 cm³/mol. The average molecular weight is 402 g/mol. The molecule has 3 amide bonds. The Morgan fingerprint density at radius 3 is 2.75 bits per heavy atom. The van der Waals surface area contributed by atoms with Crippen molar-refractivity contribution in [1.82, 2.24) is 9.88 Å². The van der Waals surface area contributed by atoms with Gasteiger partial charge in [0.2, 0.25) is 17.7 Å². The van der Waals surface area contributed by atoms with E-state index in [-0.39, 0.29) is 30.0 Å². The topological polar surface area (TPSA) is 82.6 Å². The van der Waals surface area contributed by atoms with Gasteiger partial charge in [-0.2, -0.15) is 0 Å². The van der Waals surface area contributed by atoms with Gasteiger partial charge in [-0.25, -0.2) is 9.37 Å². The number of benzene rings is 1. The van der Waals surface area contributed by atoms with Crippen molar-refractivity contribution in [2.24, 2.45) is 5.92 Å². The van der Waals surface area contributed by atoms with Crippen LogP contribution in [-0.2, 0) is 27.3 Å². The highest BCUT2D eigenvalue weighted by atomic mass is 32.1. The Bertz CT molecular complexity index is 943. The molecule has 7 nitrogen and oxygen atoms in total. The molecule has 2 aliphatic rings. The zero-order valence-electron chi connectivity index (χ0n) is 15.3. The van der Waals surface area contributed by atoms with Crippen molar-refractivity contribution in [3.63, 3.8) is 0 Å². The van der Waals surface area contributed by atoms with Crippen LogP contribution in [0.4, 0.5) is 15.2 Å². The summed E-state index contributed by atoms with van der Waals surface area (Å²) in [5.74, 6) is -1.15. The second-order valence-electron chi connectivity index (χ2n) is 6.96. The molecule has 2 aliphatic heterocycles. The fraction of sp³-hybridized carbons (Fsp3) is 0.368. The van der Waals surface area contributed by atoms with Crippen molar-refractivity contribution in [3.05, 3.63) is 40.7 Å². The molecule has 0 spiro atoms. The lowest BCUT2D eigenvalue weighted by Crippen LogP contribution is -2.40. The molecule has 9 heteroatoms. The van der Waals surface area contributed by atoms with Gasteiger partial charge in [0.15, 0.2) is 5.13 Å². The maximum absolute atomic E-state index is 13.1. The number of nitrogens with one attached hydrogen (secondary N) is 1. The molecule has 1 aromatic heterocycles. The van der Waals surface area contributed by atoms with Crippen molar-refractivity contribution in [2.45, 2.75) is 26.3 Å². The van der Waals surface area contributed by atoms with E-state index in [1.54, 1.807) is 21.9 Å². The van der Waals surface area contributed by atoms with Crippen molar-refractivity contribution >= 4 is 39.9 Å². The maximum atomic E-state index is 13.1. The van der Waals surface area contributed by atoms with Gasteiger partial charge in [-0.05, 0) is 24.3 Å². The van der Waals surface area contributed by atoms with Crippen LogP contribution in [0.2, 0.25) is 0 Å². The van der Waals surface area contributed by atoms with Gasteiger partial charge in [0.1, 0.15) is 5.82 Å². The molecule has 0 bridgehead atoms. The lowest BCUT2D eigenvalue weighted by Gasteiger charge is -2.28. The van der Waals surface area contributed by atoms with Crippen LogP contribution in [0.5, 0.6) is 0 Å². The first-order chi connectivity index (χ1) is 13.4. The molecular weight excluding hydrogens is 383 g/mol. The SMILES string of the molecule is CC(=O)Nc1nc2c(s1)CN(C(=O)C1CC(=O)N(c3ccc(F)cc3)C1)CC2. The summed E-state index contributed by atoms with van der Waals surface area (Å²) in [4.78, 5) is 45.2. The zero-order chi connectivity index (χ0) is 19.8. The first kappa shape index (κ1) is 18.5. The van der Waals surface area contributed by atoms with Crippen molar-refractivity contribution < 1.29 is 18.8 Å². The summed E-state index contributed by atoms with van der Waals surface area (Å²) in [6.45, 7) is 2.70. The highest BCUT2D eigenvalue weighted by Gasteiger charge is 2.38. The van der Waals surface area contributed by atoms with E-state index >= 15 is 0 Å². The van der Waals surface area contributed by atoms with Crippen molar-refractivity contribution in [2.75, 3.05) is 23.3 Å². The largest absolute Gasteiger partial charge is 0.337 e. The van der Waals surface area contributed by atoms with E-state index in [0.29, 0.717) is 36.9 Å². The van der Waals surface area contributed by atoms with Gasteiger partial charge < -0.3 is 15.1 Å². The van der Waals surface area contributed by atoms with Crippen molar-refractivity contribution in [3.8, 4) is 0 Å². The summed E-state index contributed by atoms with van der Waals surface area (Å²) in [7, 11) is 0. The van der Waals surface area contributed by atoms with Gasteiger partial charge in [-0.3, -0.25) is 14.4 Å². The first-order valence-corrected chi connectivity index (χ1v) is 9.83. The lowest BCUT2D eigenvalue weighted by atomic mass is 10.1. The van der Waals surface area contributed by atoms with Gasteiger partial charge in [-0.1, -0.05) is 11.3 Å². The third-order valence-corrected chi connectivity index (χ3v) is 5.94. The lowest BCUT2D eigenvalue weighted by molar-refractivity contribution is -0.136. The highest BCUT2D eigenvalue weighted by Crippen LogP contribution is 2.31. The molecule has 1 fully saturated rings. The Kier molecular flexibility index (Phi) is 4.84. The summed E-state index contributed by atoms with van der Waals surface area (Å²) in [5.41, 5.74) is 1.51. The fourth-order valence-electron chi connectivity index (χ4n) is 3.59. The van der Waals surface area contributed by atoms with Crippen LogP contribution in [0, 0.1) is 11.7 Å². The standard InChI is InChI=1S/C19H19FN4O3S/c1-11(25)21-19-22-15-6-7-23(10-16(15)28-19)18(27)12-8-17(26)24(9-12)14-4-2-13(20)3-5-14/h2-5,12H,6-10H2,1H3,(H,21,22,25). The predicted octanol–water partition coefficient (Wildman–Crippen LogP) is 2.18. The van der Waals surface area contributed by atoms with Gasteiger partial charge in [-0.15, -0.1) is 0 Å². The van der Waals surface area contributed by atoms with Crippen LogP contribution in [-0.4, -0.2) is 40.7 Å². The van der Waals surface area contributed by atoms with E-state index < -0.39 is 5.92 Å². The molecule has 1 saturated heterocycles. The van der Waals surface area contributed by atoms with Crippen LogP contribution in [0.15, 0.2) is 24.3 Å². The minimum atomic E-state index is -0.415. The quantitative estimate of drug-likeness (QED) is 0.853. The van der Waals surface area contributed by atoms with E-state index in [2.05, 4.69) is 10.3 Å². The van der Waals surface area contributed by atoms with Gasteiger partial charge in [0.25, 0.3) is 0 Å². The monoisotopic (exact) mass is 402 g/mol. The molecule has 28 heavy (non-hydrogen) atoms. The van der Waals surface area contributed by atoms with Gasteiger partial charge >= 0.3 is 0 Å². The second-order valence-corrected chi connectivity index (χ2v) is 8.05. The molecule has 2 aromatic rings. The van der Waals surface area contributed by atoms with Gasteiger partial charge in [0.05, 0.1) is 18.2 Å². The molecule has 0 radical (unpaired) electrons. The molecule has 146 valence electrons. The first-order valence-electron chi connectivity index (χ1n) is 9.01. The normalized spacial score (nSPS) is 18.9. The Morgan fingerprint density at radius 2 is 2.04 bits per heavy atom. The minimum Gasteiger partial charge on any atom is -0.337 e. The number of rotatable bonds is 3. The number of fused-ring (bicyclic) bond motifs is 1.